The number of aliphatic hydroxyl groups excluding tert-OH is 1. The number of benzene rings is 1. The van der Waals surface area contributed by atoms with Crippen molar-refractivity contribution in [1.29, 1.82) is 0 Å². The molecule has 1 fully saturated rings. The Balaban J connectivity index is 1.97. The van der Waals surface area contributed by atoms with Crippen LogP contribution in [0.3, 0.4) is 0 Å². The van der Waals surface area contributed by atoms with Gasteiger partial charge in [-0.05, 0) is 38.1 Å². The van der Waals surface area contributed by atoms with Gasteiger partial charge in [-0.3, -0.25) is 0 Å². The first kappa shape index (κ1) is 10.5. The second kappa shape index (κ2) is 5.14. The quantitative estimate of drug-likeness (QED) is 0.765. The lowest BCUT2D eigenvalue weighted by atomic mass is 10.1. The van der Waals surface area contributed by atoms with Gasteiger partial charge in [-0.2, -0.15) is 0 Å². The molecule has 2 atom stereocenters. The van der Waals surface area contributed by atoms with Gasteiger partial charge in [0.1, 0.15) is 11.9 Å². The molecular weight excluding hydrogens is 190 g/mol. The van der Waals surface area contributed by atoms with Gasteiger partial charge in [-0.25, -0.2) is 0 Å². The van der Waals surface area contributed by atoms with Crippen LogP contribution in [0.4, 0.5) is 0 Å². The summed E-state index contributed by atoms with van der Waals surface area (Å²) < 4.78 is 5.76. The maximum absolute atomic E-state index is 9.85. The molecule has 3 nitrogen and oxygen atoms in total. The van der Waals surface area contributed by atoms with Crippen molar-refractivity contribution in [1.82, 2.24) is 5.32 Å². The van der Waals surface area contributed by atoms with E-state index in [-0.39, 0.29) is 12.2 Å². The van der Waals surface area contributed by atoms with Crippen molar-refractivity contribution in [2.75, 3.05) is 13.1 Å². The molecule has 1 aromatic rings. The number of aliphatic hydroxyl groups is 1. The Morgan fingerprint density at radius 3 is 2.67 bits per heavy atom. The normalized spacial score (nSPS) is 27.0. The molecule has 0 saturated carbocycles. The molecule has 2 rings (SSSR count). The Morgan fingerprint density at radius 1 is 1.13 bits per heavy atom. The number of hydrogen-bond acceptors (Lipinski definition) is 3. The maximum Gasteiger partial charge on any atom is 0.126 e. The molecule has 1 aliphatic heterocycles. The van der Waals surface area contributed by atoms with Crippen LogP contribution in [0.2, 0.25) is 0 Å². The molecule has 0 aromatic heterocycles. The van der Waals surface area contributed by atoms with E-state index in [2.05, 4.69) is 5.32 Å². The van der Waals surface area contributed by atoms with E-state index < -0.39 is 0 Å². The third kappa shape index (κ3) is 2.94. The van der Waals surface area contributed by atoms with E-state index >= 15 is 0 Å². The van der Waals surface area contributed by atoms with Crippen LogP contribution in [-0.4, -0.2) is 30.4 Å². The van der Waals surface area contributed by atoms with Crippen LogP contribution in [0, 0.1) is 0 Å². The minimum atomic E-state index is -0.361. The van der Waals surface area contributed by atoms with Crippen molar-refractivity contribution in [3.63, 3.8) is 0 Å². The van der Waals surface area contributed by atoms with Gasteiger partial charge < -0.3 is 15.2 Å². The number of para-hydroxylation sites is 1. The lowest BCUT2D eigenvalue weighted by Gasteiger charge is -2.21. The van der Waals surface area contributed by atoms with Crippen molar-refractivity contribution in [2.24, 2.45) is 0 Å². The summed E-state index contributed by atoms with van der Waals surface area (Å²) >= 11 is 0. The molecule has 0 aliphatic carbocycles. The minimum absolute atomic E-state index is 0.0811. The summed E-state index contributed by atoms with van der Waals surface area (Å²) in [5, 5.41) is 13.1. The van der Waals surface area contributed by atoms with E-state index in [1.807, 2.05) is 30.3 Å². The van der Waals surface area contributed by atoms with Gasteiger partial charge in [0.15, 0.2) is 0 Å². The molecule has 0 radical (unpaired) electrons. The molecular formula is C12H17NO2. The molecule has 3 heteroatoms. The molecule has 1 aromatic carbocycles. The van der Waals surface area contributed by atoms with Gasteiger partial charge >= 0.3 is 0 Å². The number of ether oxygens (including phenoxy) is 1. The minimum Gasteiger partial charge on any atom is -0.488 e. The average Bonchev–Trinajstić information content (AvgIpc) is 2.46. The lowest BCUT2D eigenvalue weighted by Crippen LogP contribution is -2.31. The average molecular weight is 207 g/mol. The monoisotopic (exact) mass is 207 g/mol. The highest BCUT2D eigenvalue weighted by Gasteiger charge is 2.22. The highest BCUT2D eigenvalue weighted by Crippen LogP contribution is 2.16. The van der Waals surface area contributed by atoms with Gasteiger partial charge in [0.2, 0.25) is 0 Å². The summed E-state index contributed by atoms with van der Waals surface area (Å²) in [5.41, 5.74) is 0. The van der Waals surface area contributed by atoms with Crippen molar-refractivity contribution in [3.05, 3.63) is 30.3 Å². The van der Waals surface area contributed by atoms with Crippen LogP contribution in [-0.2, 0) is 0 Å². The zero-order chi connectivity index (χ0) is 10.5. The second-order valence-corrected chi connectivity index (χ2v) is 3.86. The largest absolute Gasteiger partial charge is 0.488 e. The van der Waals surface area contributed by atoms with Gasteiger partial charge in [0.25, 0.3) is 0 Å². The summed E-state index contributed by atoms with van der Waals surface area (Å²) in [6.07, 6.45) is 1.18. The standard InChI is InChI=1S/C12H17NO2/c14-11-6-8-13-9-7-12(11)15-10-4-2-1-3-5-10/h1-5,11-14H,6-9H2/t11-,12-/m1/s1. The molecule has 0 unspecified atom stereocenters. The predicted molar refractivity (Wildman–Crippen MR) is 59.0 cm³/mol. The van der Waals surface area contributed by atoms with Crippen molar-refractivity contribution >= 4 is 0 Å². The van der Waals surface area contributed by atoms with Gasteiger partial charge in [-0.15, -0.1) is 0 Å². The fourth-order valence-electron chi connectivity index (χ4n) is 1.81. The molecule has 0 spiro atoms. The Bertz CT molecular complexity index is 289. The third-order valence-corrected chi connectivity index (χ3v) is 2.68. The zero-order valence-electron chi connectivity index (χ0n) is 8.73. The first-order chi connectivity index (χ1) is 7.36. The van der Waals surface area contributed by atoms with Gasteiger partial charge in [0, 0.05) is 0 Å². The number of nitrogens with one attached hydrogen (secondary N) is 1. The van der Waals surface area contributed by atoms with Crippen LogP contribution < -0.4 is 10.1 Å². The van der Waals surface area contributed by atoms with E-state index in [1.54, 1.807) is 0 Å². The summed E-state index contributed by atoms with van der Waals surface area (Å²) in [6, 6.07) is 9.68. The first-order valence-electron chi connectivity index (χ1n) is 5.47. The topological polar surface area (TPSA) is 41.5 Å². The lowest BCUT2D eigenvalue weighted by molar-refractivity contribution is 0.0350. The van der Waals surface area contributed by atoms with E-state index in [0.29, 0.717) is 0 Å². The van der Waals surface area contributed by atoms with Gasteiger partial charge in [0.05, 0.1) is 6.10 Å². The Hall–Kier alpha value is -1.06. The number of hydrogen-bond donors (Lipinski definition) is 2. The van der Waals surface area contributed by atoms with E-state index in [9.17, 15) is 5.11 Å². The van der Waals surface area contributed by atoms with Crippen molar-refractivity contribution < 1.29 is 9.84 Å². The zero-order valence-corrected chi connectivity index (χ0v) is 8.73. The highest BCUT2D eigenvalue weighted by atomic mass is 16.5. The van der Waals surface area contributed by atoms with Gasteiger partial charge in [-0.1, -0.05) is 18.2 Å². The summed E-state index contributed by atoms with van der Waals surface area (Å²) in [7, 11) is 0. The van der Waals surface area contributed by atoms with Crippen LogP contribution in [0.1, 0.15) is 12.8 Å². The van der Waals surface area contributed by atoms with Crippen LogP contribution in [0.25, 0.3) is 0 Å². The summed E-state index contributed by atoms with van der Waals surface area (Å²) in [6.45, 7) is 1.78. The van der Waals surface area contributed by atoms with E-state index in [1.165, 1.54) is 0 Å². The molecule has 1 saturated heterocycles. The van der Waals surface area contributed by atoms with E-state index in [4.69, 9.17) is 4.74 Å². The molecule has 1 aliphatic rings. The third-order valence-electron chi connectivity index (χ3n) is 2.68. The highest BCUT2D eigenvalue weighted by molar-refractivity contribution is 5.21. The SMILES string of the molecule is O[C@@H]1CCNCC[C@H]1Oc1ccccc1. The fourth-order valence-corrected chi connectivity index (χ4v) is 1.81. The smallest absolute Gasteiger partial charge is 0.126 e. The summed E-state index contributed by atoms with van der Waals surface area (Å²) in [5.74, 6) is 0.837. The molecule has 1 heterocycles. The van der Waals surface area contributed by atoms with Crippen LogP contribution in [0.5, 0.6) is 5.75 Å². The molecule has 15 heavy (non-hydrogen) atoms. The Labute approximate surface area is 90.1 Å². The van der Waals surface area contributed by atoms with Crippen molar-refractivity contribution in [2.45, 2.75) is 25.0 Å². The maximum atomic E-state index is 9.85. The number of rotatable bonds is 2. The molecule has 0 amide bonds. The fraction of sp³-hybridized carbons (Fsp3) is 0.500. The Kier molecular flexibility index (Phi) is 3.59. The van der Waals surface area contributed by atoms with Crippen LogP contribution in [0.15, 0.2) is 30.3 Å². The second-order valence-electron chi connectivity index (χ2n) is 3.86. The van der Waals surface area contributed by atoms with E-state index in [0.717, 1.165) is 31.7 Å². The predicted octanol–water partition coefficient (Wildman–Crippen LogP) is 1.18. The molecule has 2 N–H and O–H groups in total. The van der Waals surface area contributed by atoms with Crippen LogP contribution >= 0.6 is 0 Å². The summed E-state index contributed by atoms with van der Waals surface area (Å²) in [4.78, 5) is 0. The molecule has 82 valence electrons. The van der Waals surface area contributed by atoms with Crippen molar-refractivity contribution in [3.8, 4) is 5.75 Å². The first-order valence-corrected chi connectivity index (χ1v) is 5.47. The Morgan fingerprint density at radius 2 is 1.87 bits per heavy atom. The molecule has 0 bridgehead atoms.